The minimum atomic E-state index is -0.790. The van der Waals surface area contributed by atoms with Gasteiger partial charge in [-0.15, -0.1) is 0 Å². The molecule has 0 spiro atoms. The van der Waals surface area contributed by atoms with Gasteiger partial charge in [-0.2, -0.15) is 0 Å². The lowest BCUT2D eigenvalue weighted by Crippen LogP contribution is -2.52. The van der Waals surface area contributed by atoms with Gasteiger partial charge in [-0.25, -0.2) is 14.2 Å². The second kappa shape index (κ2) is 11.2. The van der Waals surface area contributed by atoms with Gasteiger partial charge in [0.1, 0.15) is 22.7 Å². The Bertz CT molecular complexity index is 1200. The van der Waals surface area contributed by atoms with Gasteiger partial charge in [-0.3, -0.25) is 9.69 Å². The molecule has 3 heterocycles. The number of amides is 1. The van der Waals surface area contributed by atoms with E-state index in [4.69, 9.17) is 9.47 Å². The standard InChI is InChI=1S/C31H48FN3O4/c1-19(2)15-20(23-18-38-31(9,10)35(23)28(37)39-30(6,7)8)13-12-14-24(36)26-22(32)16-21-17-25(29(3,4)5)34(11)27(21)33-26/h16-17,19-20,23H,12-15,18H2,1-11H3. The molecule has 0 radical (unpaired) electrons. The van der Waals surface area contributed by atoms with Gasteiger partial charge < -0.3 is 14.0 Å². The van der Waals surface area contributed by atoms with E-state index in [1.165, 1.54) is 6.07 Å². The Labute approximate surface area is 233 Å². The van der Waals surface area contributed by atoms with Gasteiger partial charge in [0.2, 0.25) is 0 Å². The summed E-state index contributed by atoms with van der Waals surface area (Å²) in [6, 6.07) is 3.19. The zero-order valence-corrected chi connectivity index (χ0v) is 25.8. The first-order valence-corrected chi connectivity index (χ1v) is 14.2. The molecule has 0 N–H and O–H groups in total. The highest BCUT2D eigenvalue weighted by atomic mass is 19.1. The topological polar surface area (TPSA) is 73.7 Å². The minimum absolute atomic E-state index is 0.106. The molecule has 0 bridgehead atoms. The number of hydrogen-bond acceptors (Lipinski definition) is 5. The highest BCUT2D eigenvalue weighted by Crippen LogP contribution is 2.37. The Hall–Kier alpha value is -2.48. The maximum atomic E-state index is 15.0. The zero-order valence-electron chi connectivity index (χ0n) is 25.8. The summed E-state index contributed by atoms with van der Waals surface area (Å²) in [6.45, 7) is 20.3. The van der Waals surface area contributed by atoms with Crippen LogP contribution >= 0.6 is 0 Å². The van der Waals surface area contributed by atoms with Crippen LogP contribution in [0.15, 0.2) is 12.1 Å². The predicted molar refractivity (Wildman–Crippen MR) is 152 cm³/mol. The van der Waals surface area contributed by atoms with Crippen molar-refractivity contribution in [1.82, 2.24) is 14.5 Å². The third kappa shape index (κ3) is 7.19. The van der Waals surface area contributed by atoms with Crippen molar-refractivity contribution in [2.24, 2.45) is 18.9 Å². The van der Waals surface area contributed by atoms with E-state index >= 15 is 4.39 Å². The van der Waals surface area contributed by atoms with E-state index < -0.39 is 23.2 Å². The molecule has 1 aliphatic rings. The summed E-state index contributed by atoms with van der Waals surface area (Å²) < 4.78 is 28.7. The summed E-state index contributed by atoms with van der Waals surface area (Å²) in [7, 11) is 1.90. The Kier molecular flexibility index (Phi) is 8.90. The second-order valence-electron chi connectivity index (χ2n) is 14.0. The lowest BCUT2D eigenvalue weighted by Gasteiger charge is -2.38. The van der Waals surface area contributed by atoms with Crippen molar-refractivity contribution in [2.75, 3.05) is 6.61 Å². The van der Waals surface area contributed by atoms with Gasteiger partial charge in [-0.1, -0.05) is 34.6 Å². The number of ketones is 1. The van der Waals surface area contributed by atoms with Crippen molar-refractivity contribution < 1.29 is 23.5 Å². The highest BCUT2D eigenvalue weighted by Gasteiger charge is 2.48. The van der Waals surface area contributed by atoms with E-state index in [1.807, 2.05) is 52.3 Å². The Balaban J connectivity index is 1.77. The first-order valence-electron chi connectivity index (χ1n) is 14.2. The molecule has 2 unspecified atom stereocenters. The van der Waals surface area contributed by atoms with Crippen molar-refractivity contribution in [3.63, 3.8) is 0 Å². The van der Waals surface area contributed by atoms with Crippen molar-refractivity contribution in [3.8, 4) is 0 Å². The number of ether oxygens (including phenoxy) is 2. The highest BCUT2D eigenvalue weighted by molar-refractivity contribution is 5.96. The molecule has 2 aromatic rings. The Morgan fingerprint density at radius 2 is 1.82 bits per heavy atom. The molecule has 1 fully saturated rings. The molecule has 3 rings (SSSR count). The number of nitrogens with zero attached hydrogens (tertiary/aromatic N) is 3. The fraction of sp³-hybridized carbons (Fsp3) is 0.710. The lowest BCUT2D eigenvalue weighted by atomic mass is 9.85. The SMILES string of the molecule is CC(C)CC(CCCC(=O)c1nc2c(cc1F)cc(C(C)(C)C)n2C)C1COC(C)(C)N1C(=O)OC(C)(C)C. The van der Waals surface area contributed by atoms with Crippen molar-refractivity contribution in [2.45, 2.75) is 118 Å². The van der Waals surface area contributed by atoms with E-state index in [0.29, 0.717) is 36.4 Å². The number of carbonyl (C=O) groups excluding carboxylic acids is 2. The quantitative estimate of drug-likeness (QED) is 0.323. The van der Waals surface area contributed by atoms with Gasteiger partial charge in [0.05, 0.1) is 12.6 Å². The second-order valence-corrected chi connectivity index (χ2v) is 14.0. The average Bonchev–Trinajstić information content (AvgIpc) is 3.26. The number of aromatic nitrogens is 2. The van der Waals surface area contributed by atoms with Crippen LogP contribution < -0.4 is 0 Å². The van der Waals surface area contributed by atoms with Gasteiger partial charge >= 0.3 is 6.09 Å². The largest absolute Gasteiger partial charge is 0.444 e. The van der Waals surface area contributed by atoms with Gasteiger partial charge in [-0.05, 0) is 77.8 Å². The molecule has 8 heteroatoms. The minimum Gasteiger partial charge on any atom is -0.444 e. The molecule has 2 atom stereocenters. The number of pyridine rings is 1. The number of rotatable bonds is 8. The number of halogens is 1. The monoisotopic (exact) mass is 545 g/mol. The third-order valence-corrected chi connectivity index (χ3v) is 7.39. The summed E-state index contributed by atoms with van der Waals surface area (Å²) in [6.07, 6.45) is 1.93. The molecular formula is C31H48FN3O4. The first-order chi connectivity index (χ1) is 17.8. The summed E-state index contributed by atoms with van der Waals surface area (Å²) in [5.41, 5.74) is -0.00755. The van der Waals surface area contributed by atoms with Crippen LogP contribution in [0.25, 0.3) is 11.0 Å². The molecule has 1 saturated heterocycles. The van der Waals surface area contributed by atoms with Crippen LogP contribution in [0.5, 0.6) is 0 Å². The molecule has 0 aliphatic carbocycles. The number of aryl methyl sites for hydroxylation is 1. The fourth-order valence-corrected chi connectivity index (χ4v) is 5.70. The summed E-state index contributed by atoms with van der Waals surface area (Å²) in [4.78, 5) is 32.6. The van der Waals surface area contributed by atoms with Crippen molar-refractivity contribution >= 4 is 22.9 Å². The molecule has 1 amide bonds. The smallest absolute Gasteiger partial charge is 0.412 e. The van der Waals surface area contributed by atoms with E-state index in [2.05, 4.69) is 39.6 Å². The Morgan fingerprint density at radius 3 is 2.38 bits per heavy atom. The van der Waals surface area contributed by atoms with Gasteiger partial charge in [0.15, 0.2) is 11.6 Å². The third-order valence-electron chi connectivity index (χ3n) is 7.39. The lowest BCUT2D eigenvalue weighted by molar-refractivity contribution is -0.0650. The van der Waals surface area contributed by atoms with E-state index in [-0.39, 0.29) is 35.3 Å². The average molecular weight is 546 g/mol. The summed E-state index contributed by atoms with van der Waals surface area (Å²) >= 11 is 0. The van der Waals surface area contributed by atoms with Crippen molar-refractivity contribution in [3.05, 3.63) is 29.3 Å². The molecule has 1 aliphatic heterocycles. The summed E-state index contributed by atoms with van der Waals surface area (Å²) in [5, 5.41) is 0.694. The molecule has 39 heavy (non-hydrogen) atoms. The van der Waals surface area contributed by atoms with Crippen LogP contribution in [0.3, 0.4) is 0 Å². The first kappa shape index (κ1) is 31.1. The fourth-order valence-electron chi connectivity index (χ4n) is 5.70. The predicted octanol–water partition coefficient (Wildman–Crippen LogP) is 7.40. The number of carbonyl (C=O) groups is 2. The van der Waals surface area contributed by atoms with Crippen LogP contribution in [0.4, 0.5) is 9.18 Å². The maximum absolute atomic E-state index is 15.0. The van der Waals surface area contributed by atoms with Gasteiger partial charge in [0.25, 0.3) is 0 Å². The summed E-state index contributed by atoms with van der Waals surface area (Å²) in [5.74, 6) is -0.386. The normalized spacial score (nSPS) is 18.7. The van der Waals surface area contributed by atoms with E-state index in [9.17, 15) is 9.59 Å². The Morgan fingerprint density at radius 1 is 1.18 bits per heavy atom. The molecule has 0 aromatic carbocycles. The van der Waals surface area contributed by atoms with Crippen LogP contribution in [0, 0.1) is 17.7 Å². The number of hydrogen-bond donors (Lipinski definition) is 0. The molecule has 2 aromatic heterocycles. The number of Topliss-reactive ketones (excluding diaryl/α,β-unsaturated/α-hetero) is 1. The molecule has 218 valence electrons. The molecular weight excluding hydrogens is 497 g/mol. The molecule has 0 saturated carbocycles. The van der Waals surface area contributed by atoms with Crippen LogP contribution in [-0.4, -0.2) is 50.3 Å². The van der Waals surface area contributed by atoms with Crippen LogP contribution in [0.2, 0.25) is 0 Å². The number of fused-ring (bicyclic) bond motifs is 1. The van der Waals surface area contributed by atoms with Gasteiger partial charge in [0, 0.05) is 30.0 Å². The van der Waals surface area contributed by atoms with E-state index in [1.54, 1.807) is 4.90 Å². The van der Waals surface area contributed by atoms with Crippen molar-refractivity contribution in [1.29, 1.82) is 0 Å². The van der Waals surface area contributed by atoms with Crippen LogP contribution in [-0.2, 0) is 21.9 Å². The van der Waals surface area contributed by atoms with Crippen LogP contribution in [0.1, 0.15) is 111 Å². The molecule has 7 nitrogen and oxygen atoms in total. The zero-order chi connectivity index (χ0) is 29.5. The maximum Gasteiger partial charge on any atom is 0.412 e. The van der Waals surface area contributed by atoms with E-state index in [0.717, 1.165) is 12.1 Å².